The van der Waals surface area contributed by atoms with Crippen LogP contribution in [0.4, 0.5) is 5.95 Å². The summed E-state index contributed by atoms with van der Waals surface area (Å²) in [6, 6.07) is 15.0. The molecule has 0 fully saturated rings. The van der Waals surface area contributed by atoms with Crippen LogP contribution in [0.5, 0.6) is 5.75 Å². The van der Waals surface area contributed by atoms with E-state index in [-0.39, 0.29) is 17.7 Å². The molecule has 0 amide bonds. The molecular formula is C21H18ClN5O2. The monoisotopic (exact) mass is 407 g/mol. The van der Waals surface area contributed by atoms with E-state index in [2.05, 4.69) is 20.8 Å². The van der Waals surface area contributed by atoms with Gasteiger partial charge in [0.1, 0.15) is 11.8 Å². The Morgan fingerprint density at radius 3 is 2.76 bits per heavy atom. The molecule has 5 rings (SSSR count). The Labute approximate surface area is 172 Å². The van der Waals surface area contributed by atoms with Gasteiger partial charge in [0.2, 0.25) is 5.95 Å². The molecule has 1 N–H and O–H groups in total. The predicted molar refractivity (Wildman–Crippen MR) is 108 cm³/mol. The molecule has 29 heavy (non-hydrogen) atoms. The molecule has 0 saturated heterocycles. The second-order valence-electron chi connectivity index (χ2n) is 7.22. The number of hydrogen-bond acceptors (Lipinski definition) is 6. The van der Waals surface area contributed by atoms with Gasteiger partial charge in [-0.15, -0.1) is 0 Å². The van der Waals surface area contributed by atoms with Gasteiger partial charge in [-0.25, -0.2) is 0 Å². The minimum Gasteiger partial charge on any atom is -0.497 e. The lowest BCUT2D eigenvalue weighted by molar-refractivity contribution is -0.116. The van der Waals surface area contributed by atoms with Crippen molar-refractivity contribution in [3.8, 4) is 5.75 Å². The first-order chi connectivity index (χ1) is 14.1. The fourth-order valence-electron chi connectivity index (χ4n) is 4.16. The summed E-state index contributed by atoms with van der Waals surface area (Å²) in [7, 11) is 1.64. The molecule has 2 aliphatic rings. The maximum Gasteiger partial charge on any atom is 0.248 e. The number of aromatic nitrogens is 4. The summed E-state index contributed by atoms with van der Waals surface area (Å²) in [6.07, 6.45) is 1.13. The van der Waals surface area contributed by atoms with E-state index < -0.39 is 0 Å². The summed E-state index contributed by atoms with van der Waals surface area (Å²) in [5.74, 6) is 1.47. The van der Waals surface area contributed by atoms with Crippen molar-refractivity contribution >= 4 is 23.3 Å². The third-order valence-corrected chi connectivity index (χ3v) is 5.78. The minimum absolute atomic E-state index is 0.0668. The van der Waals surface area contributed by atoms with E-state index in [1.807, 2.05) is 48.5 Å². The molecule has 0 spiro atoms. The minimum atomic E-state index is -0.368. The van der Waals surface area contributed by atoms with E-state index in [0.717, 1.165) is 22.6 Å². The number of halogens is 1. The number of ketones is 1. The summed E-state index contributed by atoms with van der Waals surface area (Å²) in [4.78, 5) is 13.3. The van der Waals surface area contributed by atoms with Gasteiger partial charge >= 0.3 is 0 Å². The van der Waals surface area contributed by atoms with Gasteiger partial charge in [-0.2, -0.15) is 4.68 Å². The summed E-state index contributed by atoms with van der Waals surface area (Å²) in [6.45, 7) is 0. The number of anilines is 1. The van der Waals surface area contributed by atoms with Crippen molar-refractivity contribution in [3.63, 3.8) is 0 Å². The normalized spacial score (nSPS) is 20.7. The van der Waals surface area contributed by atoms with Gasteiger partial charge in [-0.3, -0.25) is 4.79 Å². The number of tetrazole rings is 1. The van der Waals surface area contributed by atoms with Crippen LogP contribution in [0.3, 0.4) is 0 Å². The number of allylic oxidation sites excluding steroid dienone is 2. The molecule has 2 aromatic carbocycles. The molecular weight excluding hydrogens is 390 g/mol. The lowest BCUT2D eigenvalue weighted by Gasteiger charge is -2.34. The van der Waals surface area contributed by atoms with Gasteiger partial charge < -0.3 is 10.1 Å². The number of rotatable bonds is 3. The van der Waals surface area contributed by atoms with Crippen LogP contribution < -0.4 is 10.1 Å². The average molecular weight is 408 g/mol. The Morgan fingerprint density at radius 1 is 1.14 bits per heavy atom. The highest BCUT2D eigenvalue weighted by Gasteiger charge is 2.39. The molecule has 0 unspecified atom stereocenters. The first-order valence-electron chi connectivity index (χ1n) is 9.34. The van der Waals surface area contributed by atoms with Gasteiger partial charge in [0.05, 0.1) is 7.11 Å². The molecule has 3 aromatic rings. The zero-order valence-corrected chi connectivity index (χ0v) is 16.4. The number of methoxy groups -OCH3 is 1. The van der Waals surface area contributed by atoms with Crippen molar-refractivity contribution in [1.82, 2.24) is 20.2 Å². The zero-order valence-electron chi connectivity index (χ0n) is 15.7. The van der Waals surface area contributed by atoms with Gasteiger partial charge in [-0.1, -0.05) is 41.0 Å². The van der Waals surface area contributed by atoms with Crippen LogP contribution in [0.15, 0.2) is 59.8 Å². The molecule has 8 heteroatoms. The van der Waals surface area contributed by atoms with Crippen molar-refractivity contribution in [3.05, 3.63) is 76.0 Å². The highest BCUT2D eigenvalue weighted by atomic mass is 35.5. The SMILES string of the molecule is COc1cccc([C@@H]2CC(=O)C3=C(C2)Nc2nnnn2[C@H]3c2ccc(Cl)cc2)c1. The van der Waals surface area contributed by atoms with Crippen molar-refractivity contribution in [2.24, 2.45) is 0 Å². The van der Waals surface area contributed by atoms with E-state index in [1.165, 1.54) is 0 Å². The van der Waals surface area contributed by atoms with E-state index >= 15 is 0 Å². The lowest BCUT2D eigenvalue weighted by Crippen LogP contribution is -2.33. The molecule has 0 radical (unpaired) electrons. The molecule has 1 aliphatic carbocycles. The average Bonchev–Trinajstić information content (AvgIpc) is 3.21. The van der Waals surface area contributed by atoms with E-state index in [9.17, 15) is 4.79 Å². The van der Waals surface area contributed by atoms with Crippen LogP contribution in [-0.4, -0.2) is 33.1 Å². The Morgan fingerprint density at radius 2 is 1.97 bits per heavy atom. The molecule has 0 saturated carbocycles. The van der Waals surface area contributed by atoms with Gasteiger partial charge in [0, 0.05) is 22.7 Å². The summed E-state index contributed by atoms with van der Waals surface area (Å²) >= 11 is 6.06. The van der Waals surface area contributed by atoms with Gasteiger partial charge in [0.15, 0.2) is 5.78 Å². The van der Waals surface area contributed by atoms with E-state index in [4.69, 9.17) is 16.3 Å². The molecule has 0 bridgehead atoms. The van der Waals surface area contributed by atoms with Gasteiger partial charge in [-0.05, 0) is 58.2 Å². The highest BCUT2D eigenvalue weighted by Crippen LogP contribution is 2.44. The van der Waals surface area contributed by atoms with Crippen LogP contribution in [-0.2, 0) is 4.79 Å². The largest absolute Gasteiger partial charge is 0.497 e. The zero-order chi connectivity index (χ0) is 20.0. The highest BCUT2D eigenvalue weighted by molar-refractivity contribution is 6.30. The van der Waals surface area contributed by atoms with Crippen LogP contribution in [0, 0.1) is 0 Å². The maximum absolute atomic E-state index is 13.3. The Bertz CT molecular complexity index is 1120. The Hall–Kier alpha value is -3.19. The van der Waals surface area contributed by atoms with E-state index in [1.54, 1.807) is 11.8 Å². The summed E-state index contributed by atoms with van der Waals surface area (Å²) < 4.78 is 7.01. The first-order valence-corrected chi connectivity index (χ1v) is 9.72. The smallest absolute Gasteiger partial charge is 0.248 e. The standard InChI is InChI=1S/C21H18ClN5O2/c1-29-16-4-2-3-13(9-16)14-10-17-19(18(28)11-14)20(12-5-7-15(22)8-6-12)27-21(23-17)24-25-26-27/h2-9,14,20H,10-11H2,1H3,(H,23,24,26)/t14-,20-/m0/s1. The lowest BCUT2D eigenvalue weighted by atomic mass is 9.78. The molecule has 2 atom stereocenters. The third-order valence-electron chi connectivity index (χ3n) is 5.53. The number of nitrogens with one attached hydrogen (secondary N) is 1. The number of carbonyl (C=O) groups excluding carboxylic acids is 1. The van der Waals surface area contributed by atoms with Crippen LogP contribution in [0.2, 0.25) is 5.02 Å². The van der Waals surface area contributed by atoms with Crippen LogP contribution in [0.1, 0.15) is 35.9 Å². The number of hydrogen-bond donors (Lipinski definition) is 1. The first kappa shape index (κ1) is 17.9. The number of benzene rings is 2. The molecule has 7 nitrogen and oxygen atoms in total. The number of fused-ring (bicyclic) bond motifs is 1. The molecule has 1 aromatic heterocycles. The van der Waals surface area contributed by atoms with Crippen molar-refractivity contribution in [1.29, 1.82) is 0 Å². The fourth-order valence-corrected chi connectivity index (χ4v) is 4.28. The summed E-state index contributed by atoms with van der Waals surface area (Å²) in [5, 5.41) is 15.9. The second-order valence-corrected chi connectivity index (χ2v) is 7.66. The number of Topliss-reactive ketones (excluding diaryl/α,β-unsaturated/α-hetero) is 1. The van der Waals surface area contributed by atoms with Crippen LogP contribution >= 0.6 is 11.6 Å². The summed E-state index contributed by atoms with van der Waals surface area (Å²) in [5.41, 5.74) is 3.59. The predicted octanol–water partition coefficient (Wildman–Crippen LogP) is 3.75. The second kappa shape index (κ2) is 7.00. The molecule has 2 heterocycles. The van der Waals surface area contributed by atoms with Crippen molar-refractivity contribution in [2.75, 3.05) is 12.4 Å². The molecule has 146 valence electrons. The number of nitrogens with zero attached hydrogens (tertiary/aromatic N) is 4. The quantitative estimate of drug-likeness (QED) is 0.712. The fraction of sp³-hybridized carbons (Fsp3) is 0.238. The van der Waals surface area contributed by atoms with Gasteiger partial charge in [0.25, 0.3) is 0 Å². The Kier molecular flexibility index (Phi) is 4.32. The van der Waals surface area contributed by atoms with Crippen LogP contribution in [0.25, 0.3) is 0 Å². The Balaban J connectivity index is 1.57. The number of ether oxygens (including phenoxy) is 1. The van der Waals surface area contributed by atoms with E-state index in [0.29, 0.717) is 29.4 Å². The number of carbonyl (C=O) groups is 1. The maximum atomic E-state index is 13.3. The topological polar surface area (TPSA) is 81.9 Å². The van der Waals surface area contributed by atoms with Crippen molar-refractivity contribution < 1.29 is 9.53 Å². The third kappa shape index (κ3) is 3.07. The van der Waals surface area contributed by atoms with Crippen molar-refractivity contribution in [2.45, 2.75) is 24.8 Å². The molecule has 1 aliphatic heterocycles.